The summed E-state index contributed by atoms with van der Waals surface area (Å²) in [7, 11) is 0. The number of pyridine rings is 1. The van der Waals surface area contributed by atoms with Crippen molar-refractivity contribution < 1.29 is 19.0 Å². The first-order valence-corrected chi connectivity index (χ1v) is 15.1. The molecule has 1 N–H and O–H groups in total. The fourth-order valence-corrected chi connectivity index (χ4v) is 6.54. The van der Waals surface area contributed by atoms with Gasteiger partial charge in [-0.1, -0.05) is 31.2 Å². The molecule has 2 aromatic carbocycles. The molecular formula is C35H43FN2O3. The molecule has 1 saturated carbocycles. The van der Waals surface area contributed by atoms with Crippen LogP contribution in [0.2, 0.25) is 0 Å². The predicted octanol–water partition coefficient (Wildman–Crippen LogP) is 8.10. The third kappa shape index (κ3) is 6.33. The first-order valence-electron chi connectivity index (χ1n) is 15.1. The van der Waals surface area contributed by atoms with Gasteiger partial charge < -0.3 is 9.84 Å². The van der Waals surface area contributed by atoms with Crippen molar-refractivity contribution in [2.45, 2.75) is 97.9 Å². The van der Waals surface area contributed by atoms with E-state index in [2.05, 4.69) is 67.9 Å². The Morgan fingerprint density at radius 3 is 2.44 bits per heavy atom. The zero-order chi connectivity index (χ0) is 29.4. The Bertz CT molecular complexity index is 1410. The lowest BCUT2D eigenvalue weighted by Gasteiger charge is -2.34. The fraction of sp³-hybridized carbons (Fsp3) is 0.486. The van der Waals surface area contributed by atoms with E-state index in [4.69, 9.17) is 4.74 Å². The zero-order valence-electron chi connectivity index (χ0n) is 25.2. The maximum absolute atomic E-state index is 14.9. The average molecular weight is 559 g/mol. The first-order chi connectivity index (χ1) is 19.5. The van der Waals surface area contributed by atoms with E-state index < -0.39 is 11.9 Å². The summed E-state index contributed by atoms with van der Waals surface area (Å²) in [5.74, 6) is -0.223. The molecule has 5 rings (SSSR count). The number of aromatic nitrogens is 1. The number of nitrogens with zero attached hydrogens (tertiary/aromatic N) is 2. The van der Waals surface area contributed by atoms with Gasteiger partial charge >= 0.3 is 5.97 Å². The molecule has 2 heterocycles. The zero-order valence-corrected chi connectivity index (χ0v) is 25.2. The van der Waals surface area contributed by atoms with E-state index in [1.54, 1.807) is 6.07 Å². The number of hydrogen-bond acceptors (Lipinski definition) is 4. The molecule has 1 unspecified atom stereocenters. The van der Waals surface area contributed by atoms with Crippen molar-refractivity contribution in [1.82, 2.24) is 9.88 Å². The Morgan fingerprint density at radius 2 is 1.78 bits per heavy atom. The van der Waals surface area contributed by atoms with Crippen LogP contribution in [0.15, 0.2) is 48.7 Å². The lowest BCUT2D eigenvalue weighted by atomic mass is 9.82. The van der Waals surface area contributed by atoms with Gasteiger partial charge in [-0.3, -0.25) is 14.7 Å². The Balaban J connectivity index is 1.51. The van der Waals surface area contributed by atoms with Gasteiger partial charge in [0, 0.05) is 29.9 Å². The number of fused-ring (bicyclic) bond motifs is 1. The van der Waals surface area contributed by atoms with Crippen molar-refractivity contribution in [3.05, 3.63) is 82.4 Å². The number of carboxylic acid groups (broad SMARTS) is 1. The van der Waals surface area contributed by atoms with Crippen LogP contribution in [0, 0.1) is 24.6 Å². The topological polar surface area (TPSA) is 62.7 Å². The van der Waals surface area contributed by atoms with Crippen molar-refractivity contribution >= 4 is 5.97 Å². The molecule has 0 spiro atoms. The molecule has 218 valence electrons. The molecular weight excluding hydrogens is 515 g/mol. The highest BCUT2D eigenvalue weighted by atomic mass is 19.1. The molecule has 1 aromatic heterocycles. The summed E-state index contributed by atoms with van der Waals surface area (Å²) in [5.41, 5.74) is 6.67. The minimum atomic E-state index is -0.746. The quantitative estimate of drug-likeness (QED) is 0.272. The number of carbonyl (C=O) groups is 1. The van der Waals surface area contributed by atoms with Gasteiger partial charge in [-0.05, 0) is 118 Å². The van der Waals surface area contributed by atoms with Crippen LogP contribution in [0.3, 0.4) is 0 Å². The van der Waals surface area contributed by atoms with E-state index in [9.17, 15) is 14.3 Å². The van der Waals surface area contributed by atoms with Gasteiger partial charge in [0.2, 0.25) is 0 Å². The minimum absolute atomic E-state index is 0.000906. The molecule has 6 heteroatoms. The number of aryl methyl sites for hydroxylation is 2. The largest absolute Gasteiger partial charge is 0.485 e. The number of benzene rings is 2. The van der Waals surface area contributed by atoms with Crippen molar-refractivity contribution in [3.63, 3.8) is 0 Å². The standard InChI is InChI=1S/C35H43FN2O3/c1-20(2)38(21(3)4)19-28-16-26(30-15-22(5)37-18-31(30)36)11-13-29(28)32-14-12-24-7-10-27(17-33(24)41-32)34(25-8-9-25)23(6)35(39)40/h7,10-11,13,15-18,20-21,23,25,32,34H,8-9,12,14,19H2,1-6H3,(H,39,40)/t23-,32?,34-/m0/s1. The normalized spacial score (nSPS) is 18.3. The fourth-order valence-electron chi connectivity index (χ4n) is 6.54. The number of carboxylic acids is 1. The monoisotopic (exact) mass is 558 g/mol. The Hall–Kier alpha value is -3.25. The molecule has 0 amide bonds. The van der Waals surface area contributed by atoms with Crippen molar-refractivity contribution in [3.8, 4) is 16.9 Å². The van der Waals surface area contributed by atoms with E-state index in [1.807, 2.05) is 19.9 Å². The molecule has 0 saturated heterocycles. The van der Waals surface area contributed by atoms with E-state index in [-0.39, 0.29) is 17.8 Å². The van der Waals surface area contributed by atoms with E-state index in [1.165, 1.54) is 11.8 Å². The van der Waals surface area contributed by atoms with Crippen LogP contribution in [0.1, 0.15) is 93.9 Å². The van der Waals surface area contributed by atoms with Gasteiger partial charge in [-0.25, -0.2) is 4.39 Å². The SMILES string of the molecule is Cc1cc(-c2ccc(C3CCc4ccc([C@H](C5CC5)[C@H](C)C(=O)O)cc4O3)c(CN(C(C)C)C(C)C)c2)c(F)cn1. The average Bonchev–Trinajstić information content (AvgIpc) is 3.77. The molecule has 1 aliphatic heterocycles. The molecule has 1 fully saturated rings. The van der Waals surface area contributed by atoms with Crippen molar-refractivity contribution in [1.29, 1.82) is 0 Å². The summed E-state index contributed by atoms with van der Waals surface area (Å²) < 4.78 is 21.6. The smallest absolute Gasteiger partial charge is 0.306 e. The third-order valence-corrected chi connectivity index (χ3v) is 8.95. The van der Waals surface area contributed by atoms with E-state index >= 15 is 0 Å². The van der Waals surface area contributed by atoms with Gasteiger partial charge in [0.1, 0.15) is 17.7 Å². The van der Waals surface area contributed by atoms with Gasteiger partial charge in [0.25, 0.3) is 0 Å². The number of hydrogen-bond donors (Lipinski definition) is 1. The van der Waals surface area contributed by atoms with Gasteiger partial charge in [-0.2, -0.15) is 0 Å². The van der Waals surface area contributed by atoms with Gasteiger partial charge in [0.15, 0.2) is 0 Å². The molecule has 3 atom stereocenters. The molecule has 41 heavy (non-hydrogen) atoms. The molecule has 3 aromatic rings. The van der Waals surface area contributed by atoms with Crippen LogP contribution in [-0.4, -0.2) is 33.0 Å². The Kier molecular flexibility index (Phi) is 8.51. The van der Waals surface area contributed by atoms with Crippen LogP contribution >= 0.6 is 0 Å². The summed E-state index contributed by atoms with van der Waals surface area (Å²) in [6.45, 7) is 13.3. The van der Waals surface area contributed by atoms with Crippen LogP contribution in [0.4, 0.5) is 4.39 Å². The van der Waals surface area contributed by atoms with Gasteiger partial charge in [-0.15, -0.1) is 0 Å². The lowest BCUT2D eigenvalue weighted by Crippen LogP contribution is -2.36. The van der Waals surface area contributed by atoms with E-state index in [0.717, 1.165) is 65.9 Å². The second-order valence-electron chi connectivity index (χ2n) is 12.6. The summed E-state index contributed by atoms with van der Waals surface area (Å²) in [6.07, 6.45) is 5.06. The van der Waals surface area contributed by atoms with Gasteiger partial charge in [0.05, 0.1) is 12.1 Å². The van der Waals surface area contributed by atoms with Crippen LogP contribution in [0.25, 0.3) is 11.1 Å². The second kappa shape index (κ2) is 11.9. The molecule has 0 bridgehead atoms. The molecule has 2 aliphatic rings. The van der Waals surface area contributed by atoms with Crippen molar-refractivity contribution in [2.24, 2.45) is 11.8 Å². The number of halogens is 1. The maximum atomic E-state index is 14.9. The highest BCUT2D eigenvalue weighted by Gasteiger charge is 2.39. The number of ether oxygens (including phenoxy) is 1. The maximum Gasteiger partial charge on any atom is 0.306 e. The Labute approximate surface area is 243 Å². The number of aliphatic carboxylic acids is 1. The summed E-state index contributed by atoms with van der Waals surface area (Å²) in [6, 6.07) is 15.1. The van der Waals surface area contributed by atoms with Crippen molar-refractivity contribution in [2.75, 3.05) is 0 Å². The lowest BCUT2D eigenvalue weighted by molar-refractivity contribution is -0.142. The highest BCUT2D eigenvalue weighted by molar-refractivity contribution is 5.71. The molecule has 1 aliphatic carbocycles. The van der Waals surface area contributed by atoms with Crippen LogP contribution in [-0.2, 0) is 17.8 Å². The Morgan fingerprint density at radius 1 is 1.05 bits per heavy atom. The first kappa shape index (κ1) is 29.2. The minimum Gasteiger partial charge on any atom is -0.485 e. The van der Waals surface area contributed by atoms with Crippen LogP contribution in [0.5, 0.6) is 5.75 Å². The van der Waals surface area contributed by atoms with Crippen LogP contribution < -0.4 is 4.74 Å². The second-order valence-corrected chi connectivity index (χ2v) is 12.6. The molecule has 0 radical (unpaired) electrons. The summed E-state index contributed by atoms with van der Waals surface area (Å²) in [5, 5.41) is 9.77. The predicted molar refractivity (Wildman–Crippen MR) is 161 cm³/mol. The summed E-state index contributed by atoms with van der Waals surface area (Å²) >= 11 is 0. The highest BCUT2D eigenvalue weighted by Crippen LogP contribution is 2.48. The summed E-state index contributed by atoms with van der Waals surface area (Å²) in [4.78, 5) is 18.5. The van der Waals surface area contributed by atoms with E-state index in [0.29, 0.717) is 23.6 Å². The third-order valence-electron chi connectivity index (χ3n) is 8.95. The molecule has 5 nitrogen and oxygen atoms in total. The number of rotatable bonds is 10.